The summed E-state index contributed by atoms with van der Waals surface area (Å²) in [5, 5.41) is 0. The molecule has 0 atom stereocenters. The predicted molar refractivity (Wildman–Crippen MR) is 217 cm³/mol. The van der Waals surface area contributed by atoms with Crippen LogP contribution in [-0.4, -0.2) is 28.4 Å². The van der Waals surface area contributed by atoms with Crippen LogP contribution in [0.2, 0.25) is 0 Å². The van der Waals surface area contributed by atoms with E-state index >= 15 is 0 Å². The number of hydrogen-bond acceptors (Lipinski definition) is 7. The molecule has 0 aliphatic heterocycles. The standard InChI is InChI=1S/C44H58O5S2/c1-7-9-11-13-15-17-21-37-35(39-31-33(45-3)27-29-41(39)47-5)23-19-25-43(37)50-49-51-44-26-20-24-36(38(44)22-18-16-14-12-10-8-2)40-32-34(46-4)28-30-42(40)48-6/h19-20,23-32H,7-18,21-22H2,1-6H3. The van der Waals surface area contributed by atoms with Crippen LogP contribution in [0.15, 0.2) is 82.6 Å². The number of ether oxygens (including phenoxy) is 4. The smallest absolute Gasteiger partial charge is 0.126 e. The van der Waals surface area contributed by atoms with Crippen molar-refractivity contribution in [1.82, 2.24) is 0 Å². The quantitative estimate of drug-likeness (QED) is 0.0525. The van der Waals surface area contributed by atoms with Gasteiger partial charge in [-0.15, -0.1) is 0 Å². The molecule has 0 unspecified atom stereocenters. The first-order valence-electron chi connectivity index (χ1n) is 18.8. The van der Waals surface area contributed by atoms with Gasteiger partial charge in [0.1, 0.15) is 23.0 Å². The second kappa shape index (κ2) is 22.6. The fraction of sp³-hybridized carbons (Fsp3) is 0.455. The zero-order valence-corrected chi connectivity index (χ0v) is 33.3. The number of unbranched alkanes of at least 4 members (excludes halogenated alkanes) is 10. The predicted octanol–water partition coefficient (Wildman–Crippen LogP) is 13.6. The third kappa shape index (κ3) is 11.9. The van der Waals surface area contributed by atoms with Crippen molar-refractivity contribution in [2.45, 2.75) is 114 Å². The number of benzene rings is 4. The topological polar surface area (TPSA) is 46.2 Å². The van der Waals surface area contributed by atoms with Crippen molar-refractivity contribution in [2.75, 3.05) is 28.4 Å². The Morgan fingerprint density at radius 2 is 0.843 bits per heavy atom. The van der Waals surface area contributed by atoms with E-state index in [1.807, 2.05) is 24.3 Å². The first kappa shape index (κ1) is 40.5. The summed E-state index contributed by atoms with van der Waals surface area (Å²) < 4.78 is 29.4. The Hall–Kier alpha value is -3.26. The van der Waals surface area contributed by atoms with Crippen molar-refractivity contribution < 1.29 is 22.6 Å². The summed E-state index contributed by atoms with van der Waals surface area (Å²) in [5.74, 6) is 3.29. The molecule has 0 saturated heterocycles. The zero-order chi connectivity index (χ0) is 36.3. The van der Waals surface area contributed by atoms with E-state index in [1.54, 1.807) is 28.4 Å². The van der Waals surface area contributed by atoms with E-state index in [0.717, 1.165) is 80.7 Å². The molecule has 0 N–H and O–H groups in total. The van der Waals surface area contributed by atoms with Crippen molar-refractivity contribution in [1.29, 1.82) is 0 Å². The molecule has 7 heteroatoms. The molecule has 4 rings (SSSR count). The second-order valence-electron chi connectivity index (χ2n) is 13.0. The summed E-state index contributed by atoms with van der Waals surface area (Å²) in [6, 6.07) is 25.0. The summed E-state index contributed by atoms with van der Waals surface area (Å²) >= 11 is 2.91. The van der Waals surface area contributed by atoms with Crippen LogP contribution >= 0.6 is 24.1 Å². The first-order chi connectivity index (χ1) is 25.1. The molecule has 0 aromatic heterocycles. The van der Waals surface area contributed by atoms with Crippen LogP contribution in [0, 0.1) is 0 Å². The van der Waals surface area contributed by atoms with Gasteiger partial charge in [-0.05, 0) is 96.5 Å². The van der Waals surface area contributed by atoms with E-state index in [0.29, 0.717) is 0 Å². The molecule has 276 valence electrons. The lowest BCUT2D eigenvalue weighted by Crippen LogP contribution is -1.98. The Morgan fingerprint density at radius 3 is 1.24 bits per heavy atom. The van der Waals surface area contributed by atoms with E-state index in [4.69, 9.17) is 22.6 Å². The molecule has 0 spiro atoms. The summed E-state index contributed by atoms with van der Waals surface area (Å²) in [4.78, 5) is 2.25. The van der Waals surface area contributed by atoms with Crippen LogP contribution in [0.3, 0.4) is 0 Å². The van der Waals surface area contributed by atoms with Gasteiger partial charge in [0.15, 0.2) is 0 Å². The third-order valence-corrected chi connectivity index (χ3v) is 11.1. The monoisotopic (exact) mass is 730 g/mol. The van der Waals surface area contributed by atoms with Crippen LogP contribution in [0.1, 0.15) is 102 Å². The van der Waals surface area contributed by atoms with Crippen molar-refractivity contribution >= 4 is 24.1 Å². The van der Waals surface area contributed by atoms with Crippen molar-refractivity contribution in [2.24, 2.45) is 0 Å². The summed E-state index contributed by atoms with van der Waals surface area (Å²) in [6.07, 6.45) is 16.9. The van der Waals surface area contributed by atoms with E-state index in [1.165, 1.54) is 99.4 Å². The molecule has 0 amide bonds. The van der Waals surface area contributed by atoms with E-state index < -0.39 is 0 Å². The molecule has 0 bridgehead atoms. The number of methoxy groups -OCH3 is 4. The third-order valence-electron chi connectivity index (χ3n) is 9.47. The maximum atomic E-state index is 6.51. The lowest BCUT2D eigenvalue weighted by atomic mass is 9.94. The molecule has 0 aliphatic rings. The summed E-state index contributed by atoms with van der Waals surface area (Å²) in [6.45, 7) is 4.53. The highest BCUT2D eigenvalue weighted by Crippen LogP contribution is 2.44. The Balaban J connectivity index is 1.63. The van der Waals surface area contributed by atoms with E-state index in [9.17, 15) is 0 Å². The minimum Gasteiger partial charge on any atom is -0.497 e. The zero-order valence-electron chi connectivity index (χ0n) is 31.7. The molecule has 0 fully saturated rings. The largest absolute Gasteiger partial charge is 0.497 e. The lowest BCUT2D eigenvalue weighted by molar-refractivity contribution is 0.404. The van der Waals surface area contributed by atoms with Crippen LogP contribution in [0.5, 0.6) is 23.0 Å². The second-order valence-corrected chi connectivity index (χ2v) is 14.7. The van der Waals surface area contributed by atoms with Gasteiger partial charge in [-0.2, -0.15) is 0 Å². The molecule has 0 heterocycles. The van der Waals surface area contributed by atoms with E-state index in [-0.39, 0.29) is 0 Å². The van der Waals surface area contributed by atoms with Crippen LogP contribution < -0.4 is 18.9 Å². The molecule has 4 aromatic carbocycles. The Morgan fingerprint density at radius 1 is 0.431 bits per heavy atom. The van der Waals surface area contributed by atoms with Crippen LogP contribution in [0.4, 0.5) is 0 Å². The van der Waals surface area contributed by atoms with Gasteiger partial charge in [-0.1, -0.05) is 102 Å². The molecule has 51 heavy (non-hydrogen) atoms. The lowest BCUT2D eigenvalue weighted by Gasteiger charge is -2.18. The van der Waals surface area contributed by atoms with Gasteiger partial charge in [0.25, 0.3) is 0 Å². The van der Waals surface area contributed by atoms with E-state index in [2.05, 4.69) is 62.4 Å². The minimum atomic E-state index is 0.812. The highest BCUT2D eigenvalue weighted by molar-refractivity contribution is 8.08. The fourth-order valence-corrected chi connectivity index (χ4v) is 8.23. The Kier molecular flexibility index (Phi) is 18.0. The normalized spacial score (nSPS) is 11.1. The van der Waals surface area contributed by atoms with Crippen molar-refractivity contribution in [3.05, 3.63) is 83.9 Å². The van der Waals surface area contributed by atoms with Crippen LogP contribution in [0.25, 0.3) is 22.3 Å². The van der Waals surface area contributed by atoms with Gasteiger partial charge in [0.05, 0.1) is 28.4 Å². The fourth-order valence-electron chi connectivity index (χ4n) is 6.61. The van der Waals surface area contributed by atoms with Gasteiger partial charge in [-0.25, -0.2) is 3.63 Å². The average molecular weight is 731 g/mol. The summed E-state index contributed by atoms with van der Waals surface area (Å²) in [5.41, 5.74) is 6.96. The molecule has 0 saturated carbocycles. The molecule has 0 radical (unpaired) electrons. The first-order valence-corrected chi connectivity index (χ1v) is 20.3. The van der Waals surface area contributed by atoms with Gasteiger partial charge in [-0.3, -0.25) is 0 Å². The van der Waals surface area contributed by atoms with Gasteiger partial charge >= 0.3 is 0 Å². The maximum Gasteiger partial charge on any atom is 0.126 e. The average Bonchev–Trinajstić information content (AvgIpc) is 3.17. The van der Waals surface area contributed by atoms with Crippen LogP contribution in [-0.2, 0) is 16.5 Å². The number of hydrogen-bond donors (Lipinski definition) is 0. The Labute approximate surface area is 316 Å². The highest BCUT2D eigenvalue weighted by atomic mass is 32.2. The molecule has 5 nitrogen and oxygen atoms in total. The number of rotatable bonds is 24. The van der Waals surface area contributed by atoms with Gasteiger partial charge < -0.3 is 18.9 Å². The van der Waals surface area contributed by atoms with Crippen molar-refractivity contribution in [3.63, 3.8) is 0 Å². The SMILES string of the molecule is CCCCCCCCc1c(SOSc2cccc(-c3cc(OC)ccc3OC)c2CCCCCCCC)cccc1-c1cc(OC)ccc1OC. The minimum absolute atomic E-state index is 0.812. The maximum absolute atomic E-state index is 6.51. The molecular formula is C44H58O5S2. The van der Waals surface area contributed by atoms with Gasteiger partial charge in [0.2, 0.25) is 0 Å². The molecule has 0 aliphatic carbocycles. The molecular weight excluding hydrogens is 673 g/mol. The molecule has 4 aromatic rings. The van der Waals surface area contributed by atoms with Gasteiger partial charge in [0, 0.05) is 45.0 Å². The summed E-state index contributed by atoms with van der Waals surface area (Å²) in [7, 11) is 6.88. The highest BCUT2D eigenvalue weighted by Gasteiger charge is 2.19. The van der Waals surface area contributed by atoms with Crippen molar-refractivity contribution in [3.8, 4) is 45.3 Å². The Bertz CT molecular complexity index is 1500.